The first-order valence-electron chi connectivity index (χ1n) is 7.57. The zero-order valence-electron chi connectivity index (χ0n) is 13.3. The van der Waals surface area contributed by atoms with Crippen LogP contribution in [0.4, 0.5) is 5.13 Å². The SMILES string of the molecule is O=C(CSc1cc(Cl)ccc1Cl)Nc1ncc(Cc2ccccc2Cl)s1. The van der Waals surface area contributed by atoms with E-state index in [4.69, 9.17) is 34.8 Å². The number of halogens is 3. The summed E-state index contributed by atoms with van der Waals surface area (Å²) in [6, 6.07) is 12.9. The molecule has 0 spiro atoms. The van der Waals surface area contributed by atoms with Crippen LogP contribution in [0.3, 0.4) is 0 Å². The van der Waals surface area contributed by atoms with Crippen LogP contribution in [-0.2, 0) is 11.2 Å². The van der Waals surface area contributed by atoms with Crippen LogP contribution in [0.5, 0.6) is 0 Å². The third-order valence-electron chi connectivity index (χ3n) is 3.37. The molecule has 8 heteroatoms. The average Bonchev–Trinajstić information content (AvgIpc) is 3.04. The second-order valence-corrected chi connectivity index (χ2v) is 8.69. The lowest BCUT2D eigenvalue weighted by molar-refractivity contribution is -0.113. The summed E-state index contributed by atoms with van der Waals surface area (Å²) in [5.41, 5.74) is 1.03. The second kappa shape index (κ2) is 9.11. The summed E-state index contributed by atoms with van der Waals surface area (Å²) in [6.45, 7) is 0. The summed E-state index contributed by atoms with van der Waals surface area (Å²) in [6.07, 6.45) is 2.44. The molecule has 134 valence electrons. The van der Waals surface area contributed by atoms with E-state index in [2.05, 4.69) is 10.3 Å². The van der Waals surface area contributed by atoms with E-state index in [1.54, 1.807) is 24.4 Å². The van der Waals surface area contributed by atoms with Crippen molar-refractivity contribution in [2.45, 2.75) is 11.3 Å². The molecule has 26 heavy (non-hydrogen) atoms. The molecular formula is C18H13Cl3N2OS2. The number of carbonyl (C=O) groups excluding carboxylic acids is 1. The van der Waals surface area contributed by atoms with E-state index in [0.29, 0.717) is 21.6 Å². The maximum absolute atomic E-state index is 12.1. The third-order valence-corrected chi connectivity index (χ3v) is 6.39. The molecule has 3 aromatic rings. The number of hydrogen-bond acceptors (Lipinski definition) is 4. The number of nitrogens with one attached hydrogen (secondary N) is 1. The molecule has 2 aromatic carbocycles. The molecule has 0 radical (unpaired) electrons. The fourth-order valence-electron chi connectivity index (χ4n) is 2.16. The summed E-state index contributed by atoms with van der Waals surface area (Å²) in [5, 5.41) is 5.25. The predicted octanol–water partition coefficient (Wildman–Crippen LogP) is 6.42. The number of thiazole rings is 1. The van der Waals surface area contributed by atoms with Crippen LogP contribution in [0.1, 0.15) is 10.4 Å². The van der Waals surface area contributed by atoms with Gasteiger partial charge in [0.1, 0.15) is 0 Å². The molecule has 0 atom stereocenters. The summed E-state index contributed by atoms with van der Waals surface area (Å²) in [7, 11) is 0. The van der Waals surface area contributed by atoms with Crippen molar-refractivity contribution in [3.8, 4) is 0 Å². The standard InChI is InChI=1S/C18H13Cl3N2OS2/c19-12-5-6-15(21)16(8-12)25-10-17(24)23-18-22-9-13(26-18)7-11-3-1-2-4-14(11)20/h1-6,8-9H,7,10H2,(H,22,23,24). The topological polar surface area (TPSA) is 42.0 Å². The van der Waals surface area contributed by atoms with Crippen LogP contribution in [0.15, 0.2) is 53.6 Å². The molecule has 3 rings (SSSR count). The predicted molar refractivity (Wildman–Crippen MR) is 112 cm³/mol. The molecule has 1 N–H and O–H groups in total. The molecule has 1 aromatic heterocycles. The van der Waals surface area contributed by atoms with Crippen LogP contribution in [0.2, 0.25) is 15.1 Å². The van der Waals surface area contributed by atoms with Crippen LogP contribution < -0.4 is 5.32 Å². The molecule has 0 bridgehead atoms. The first kappa shape index (κ1) is 19.5. The number of benzene rings is 2. The largest absolute Gasteiger partial charge is 0.301 e. The summed E-state index contributed by atoms with van der Waals surface area (Å²) in [4.78, 5) is 18.2. The van der Waals surface area contributed by atoms with Gasteiger partial charge in [0, 0.05) is 32.4 Å². The fraction of sp³-hybridized carbons (Fsp3) is 0.111. The van der Waals surface area contributed by atoms with Crippen molar-refractivity contribution in [3.05, 3.63) is 74.2 Å². The van der Waals surface area contributed by atoms with Crippen LogP contribution >= 0.6 is 57.9 Å². The van der Waals surface area contributed by atoms with Gasteiger partial charge in [0.25, 0.3) is 0 Å². The van der Waals surface area contributed by atoms with Crippen LogP contribution in [-0.4, -0.2) is 16.6 Å². The number of anilines is 1. The third kappa shape index (κ3) is 5.38. The monoisotopic (exact) mass is 442 g/mol. The molecule has 0 saturated heterocycles. The maximum atomic E-state index is 12.1. The van der Waals surface area contributed by atoms with Gasteiger partial charge in [-0.05, 0) is 29.8 Å². The van der Waals surface area contributed by atoms with E-state index in [-0.39, 0.29) is 11.7 Å². The van der Waals surface area contributed by atoms with Crippen molar-refractivity contribution < 1.29 is 4.79 Å². The maximum Gasteiger partial charge on any atom is 0.236 e. The number of thioether (sulfide) groups is 1. The molecule has 0 fully saturated rings. The zero-order chi connectivity index (χ0) is 18.5. The van der Waals surface area contributed by atoms with Crippen molar-refractivity contribution in [2.24, 2.45) is 0 Å². The Balaban J connectivity index is 1.56. The second-order valence-electron chi connectivity index (χ2n) is 5.31. The molecule has 0 aliphatic carbocycles. The fourth-order valence-corrected chi connectivity index (χ4v) is 4.51. The molecule has 0 aliphatic heterocycles. The van der Waals surface area contributed by atoms with Gasteiger partial charge in [0.15, 0.2) is 5.13 Å². The first-order valence-corrected chi connectivity index (χ1v) is 10.5. The first-order chi connectivity index (χ1) is 12.5. The van der Waals surface area contributed by atoms with E-state index in [1.807, 2.05) is 24.3 Å². The van der Waals surface area contributed by atoms with E-state index in [0.717, 1.165) is 20.4 Å². The number of aromatic nitrogens is 1. The molecule has 1 amide bonds. The lowest BCUT2D eigenvalue weighted by Gasteiger charge is -2.05. The van der Waals surface area contributed by atoms with Crippen molar-refractivity contribution in [2.75, 3.05) is 11.1 Å². The highest BCUT2D eigenvalue weighted by Gasteiger charge is 2.10. The van der Waals surface area contributed by atoms with E-state index in [1.165, 1.54) is 23.1 Å². The highest BCUT2D eigenvalue weighted by molar-refractivity contribution is 8.00. The van der Waals surface area contributed by atoms with Gasteiger partial charge in [0.2, 0.25) is 5.91 Å². The van der Waals surface area contributed by atoms with Crippen molar-refractivity contribution in [1.29, 1.82) is 0 Å². The molecular weight excluding hydrogens is 431 g/mol. The number of hydrogen-bond donors (Lipinski definition) is 1. The Bertz CT molecular complexity index is 930. The molecule has 1 heterocycles. The zero-order valence-corrected chi connectivity index (χ0v) is 17.2. The molecule has 3 nitrogen and oxygen atoms in total. The van der Waals surface area contributed by atoms with Gasteiger partial charge >= 0.3 is 0 Å². The Labute approximate surface area is 174 Å². The Kier molecular flexibility index (Phi) is 6.84. The van der Waals surface area contributed by atoms with E-state index < -0.39 is 0 Å². The lowest BCUT2D eigenvalue weighted by atomic mass is 10.1. The highest BCUT2D eigenvalue weighted by Crippen LogP contribution is 2.30. The van der Waals surface area contributed by atoms with Gasteiger partial charge in [-0.25, -0.2) is 4.98 Å². The minimum atomic E-state index is -0.148. The Morgan fingerprint density at radius 2 is 1.92 bits per heavy atom. The summed E-state index contributed by atoms with van der Waals surface area (Å²) >= 11 is 21.0. The van der Waals surface area contributed by atoms with E-state index in [9.17, 15) is 4.79 Å². The molecule has 0 saturated carbocycles. The van der Waals surface area contributed by atoms with Gasteiger partial charge in [-0.15, -0.1) is 23.1 Å². The van der Waals surface area contributed by atoms with Crippen molar-refractivity contribution in [1.82, 2.24) is 4.98 Å². The number of carbonyl (C=O) groups is 1. The van der Waals surface area contributed by atoms with Crippen LogP contribution in [0.25, 0.3) is 0 Å². The lowest BCUT2D eigenvalue weighted by Crippen LogP contribution is -2.13. The number of rotatable bonds is 6. The minimum Gasteiger partial charge on any atom is -0.301 e. The molecule has 0 unspecified atom stereocenters. The number of nitrogens with zero attached hydrogens (tertiary/aromatic N) is 1. The average molecular weight is 444 g/mol. The van der Waals surface area contributed by atoms with Gasteiger partial charge in [-0.3, -0.25) is 4.79 Å². The summed E-state index contributed by atoms with van der Waals surface area (Å²) < 4.78 is 0. The van der Waals surface area contributed by atoms with Crippen molar-refractivity contribution in [3.63, 3.8) is 0 Å². The Morgan fingerprint density at radius 3 is 2.73 bits per heavy atom. The van der Waals surface area contributed by atoms with E-state index >= 15 is 0 Å². The molecule has 0 aliphatic rings. The summed E-state index contributed by atoms with van der Waals surface area (Å²) in [5.74, 6) is 0.0733. The minimum absolute atomic E-state index is 0.148. The normalized spacial score (nSPS) is 10.7. The van der Waals surface area contributed by atoms with Crippen LogP contribution in [0, 0.1) is 0 Å². The Hall–Kier alpha value is -1.24. The van der Waals surface area contributed by atoms with Gasteiger partial charge in [-0.2, -0.15) is 0 Å². The quantitative estimate of drug-likeness (QED) is 0.447. The van der Waals surface area contributed by atoms with Gasteiger partial charge in [-0.1, -0.05) is 53.0 Å². The van der Waals surface area contributed by atoms with Crippen molar-refractivity contribution >= 4 is 68.9 Å². The number of amides is 1. The smallest absolute Gasteiger partial charge is 0.236 e. The van der Waals surface area contributed by atoms with Gasteiger partial charge < -0.3 is 5.32 Å². The Morgan fingerprint density at radius 1 is 1.12 bits per heavy atom. The van der Waals surface area contributed by atoms with Gasteiger partial charge in [0.05, 0.1) is 10.8 Å². The highest BCUT2D eigenvalue weighted by atomic mass is 35.5.